The van der Waals surface area contributed by atoms with E-state index in [0.29, 0.717) is 13.2 Å². The predicted octanol–water partition coefficient (Wildman–Crippen LogP) is 3.84. The van der Waals surface area contributed by atoms with Crippen LogP contribution >= 0.6 is 24.0 Å². The molecule has 2 heterocycles. The van der Waals surface area contributed by atoms with E-state index in [2.05, 4.69) is 39.5 Å². The normalized spacial score (nSPS) is 21.5. The molecule has 2 aromatic rings. The number of ether oxygens (including phenoxy) is 3. The molecule has 2 unspecified atom stereocenters. The Morgan fingerprint density at radius 1 is 1.03 bits per heavy atom. The van der Waals surface area contributed by atoms with Crippen molar-refractivity contribution in [2.45, 2.75) is 38.2 Å². The zero-order valence-corrected chi connectivity index (χ0v) is 20.4. The molecule has 168 valence electrons. The topological polar surface area (TPSA) is 55.3 Å². The maximum atomic E-state index is 5.96. The average Bonchev–Trinajstić information content (AvgIpc) is 3.35. The summed E-state index contributed by atoms with van der Waals surface area (Å²) in [5.41, 5.74) is 2.36. The number of nitrogens with one attached hydrogen (secondary N) is 1. The number of aliphatic imine (C=N–C) groups is 1. The number of rotatable bonds is 6. The van der Waals surface area contributed by atoms with Gasteiger partial charge in [-0.2, -0.15) is 0 Å². The summed E-state index contributed by atoms with van der Waals surface area (Å²) in [6.45, 7) is 4.52. The van der Waals surface area contributed by atoms with Crippen LogP contribution < -0.4 is 10.1 Å². The molecule has 2 atom stereocenters. The Morgan fingerprint density at radius 2 is 1.77 bits per heavy atom. The maximum Gasteiger partial charge on any atom is 0.194 e. The van der Waals surface area contributed by atoms with E-state index in [1.165, 1.54) is 5.56 Å². The first-order chi connectivity index (χ1) is 14.8. The highest BCUT2D eigenvalue weighted by atomic mass is 127. The van der Waals surface area contributed by atoms with E-state index in [9.17, 15) is 0 Å². The van der Waals surface area contributed by atoms with Crippen LogP contribution in [0.15, 0.2) is 59.6 Å². The van der Waals surface area contributed by atoms with Gasteiger partial charge >= 0.3 is 0 Å². The van der Waals surface area contributed by atoms with E-state index in [1.54, 1.807) is 0 Å². The monoisotopic (exact) mass is 537 g/mol. The van der Waals surface area contributed by atoms with E-state index >= 15 is 0 Å². The molecule has 0 amide bonds. The van der Waals surface area contributed by atoms with Crippen LogP contribution in [-0.2, 0) is 22.6 Å². The molecule has 0 aromatic heterocycles. The van der Waals surface area contributed by atoms with Gasteiger partial charge in [0.05, 0.1) is 12.7 Å². The summed E-state index contributed by atoms with van der Waals surface area (Å²) in [6, 6.07) is 18.4. The van der Waals surface area contributed by atoms with E-state index in [-0.39, 0.29) is 36.2 Å². The van der Waals surface area contributed by atoms with Crippen LogP contribution in [0.3, 0.4) is 0 Å². The minimum absolute atomic E-state index is 0. The summed E-state index contributed by atoms with van der Waals surface area (Å²) in [4.78, 5) is 6.76. The van der Waals surface area contributed by atoms with Gasteiger partial charge < -0.3 is 24.4 Å². The van der Waals surface area contributed by atoms with Crippen LogP contribution in [0.25, 0.3) is 0 Å². The molecule has 4 rings (SSSR count). The second-order valence-electron chi connectivity index (χ2n) is 7.73. The molecule has 31 heavy (non-hydrogen) atoms. The van der Waals surface area contributed by atoms with Crippen molar-refractivity contribution in [3.63, 3.8) is 0 Å². The summed E-state index contributed by atoms with van der Waals surface area (Å²) in [7, 11) is 1.84. The Morgan fingerprint density at radius 3 is 2.48 bits per heavy atom. The standard InChI is InChI=1S/C24H31N3O3.HI/c1-25-24(27-13-15-29-23(17-27)22-8-5-14-28-22)26-16-19-9-11-20(12-10-19)18-30-21-6-3-2-4-7-21;/h2-4,6-7,9-12,22-23H,5,8,13-18H2,1H3,(H,25,26);1H. The Hall–Kier alpha value is -1.84. The number of benzene rings is 2. The molecule has 6 nitrogen and oxygen atoms in total. The zero-order valence-electron chi connectivity index (χ0n) is 18.0. The summed E-state index contributed by atoms with van der Waals surface area (Å²) in [5, 5.41) is 3.49. The lowest BCUT2D eigenvalue weighted by Crippen LogP contribution is -2.53. The number of morpholine rings is 1. The number of hydrogen-bond donors (Lipinski definition) is 1. The van der Waals surface area contributed by atoms with Gasteiger partial charge in [0, 0.05) is 33.3 Å². The van der Waals surface area contributed by atoms with Gasteiger partial charge in [0.2, 0.25) is 0 Å². The predicted molar refractivity (Wildman–Crippen MR) is 133 cm³/mol. The van der Waals surface area contributed by atoms with Gasteiger partial charge in [-0.05, 0) is 36.1 Å². The van der Waals surface area contributed by atoms with Crippen molar-refractivity contribution >= 4 is 29.9 Å². The van der Waals surface area contributed by atoms with E-state index in [4.69, 9.17) is 14.2 Å². The number of halogens is 1. The molecule has 1 N–H and O–H groups in total. The lowest BCUT2D eigenvalue weighted by Gasteiger charge is -2.37. The van der Waals surface area contributed by atoms with Crippen LogP contribution in [0.4, 0.5) is 0 Å². The molecule has 7 heteroatoms. The van der Waals surface area contributed by atoms with Crippen LogP contribution in [-0.4, -0.2) is 56.4 Å². The molecule has 2 saturated heterocycles. The summed E-state index contributed by atoms with van der Waals surface area (Å²) in [5.74, 6) is 1.80. The molecule has 2 fully saturated rings. The molecule has 0 spiro atoms. The van der Waals surface area contributed by atoms with Gasteiger partial charge in [-0.25, -0.2) is 0 Å². The maximum absolute atomic E-state index is 5.96. The van der Waals surface area contributed by atoms with Crippen molar-refractivity contribution in [2.75, 3.05) is 33.4 Å². The fourth-order valence-electron chi connectivity index (χ4n) is 3.94. The molecular formula is C24H32IN3O3. The highest BCUT2D eigenvalue weighted by molar-refractivity contribution is 14.0. The third-order valence-corrected chi connectivity index (χ3v) is 5.61. The van der Waals surface area contributed by atoms with Gasteiger partial charge in [-0.3, -0.25) is 4.99 Å². The molecule has 0 aliphatic carbocycles. The summed E-state index contributed by atoms with van der Waals surface area (Å²) in [6.07, 6.45) is 2.56. The van der Waals surface area contributed by atoms with Gasteiger partial charge in [0.1, 0.15) is 18.5 Å². The van der Waals surface area contributed by atoms with E-state index in [0.717, 1.165) is 56.4 Å². The van der Waals surface area contributed by atoms with Gasteiger partial charge in [-0.1, -0.05) is 42.5 Å². The molecule has 0 radical (unpaired) electrons. The summed E-state index contributed by atoms with van der Waals surface area (Å²) < 4.78 is 17.6. The largest absolute Gasteiger partial charge is 0.489 e. The SMILES string of the molecule is CN=C(NCc1ccc(COc2ccccc2)cc1)N1CCOC(C2CCCO2)C1.I. The fraction of sp³-hybridized carbons (Fsp3) is 0.458. The number of hydrogen-bond acceptors (Lipinski definition) is 4. The van der Waals surface area contributed by atoms with Crippen LogP contribution in [0.1, 0.15) is 24.0 Å². The first-order valence-electron chi connectivity index (χ1n) is 10.8. The Kier molecular flexibility index (Phi) is 9.42. The van der Waals surface area contributed by atoms with Crippen molar-refractivity contribution < 1.29 is 14.2 Å². The first kappa shape index (κ1) is 23.8. The van der Waals surface area contributed by atoms with Crippen molar-refractivity contribution in [2.24, 2.45) is 4.99 Å². The fourth-order valence-corrected chi connectivity index (χ4v) is 3.94. The van der Waals surface area contributed by atoms with Gasteiger partial charge in [0.25, 0.3) is 0 Å². The molecule has 2 aliphatic rings. The second-order valence-corrected chi connectivity index (χ2v) is 7.73. The number of guanidine groups is 1. The Bertz CT molecular complexity index is 811. The second kappa shape index (κ2) is 12.3. The summed E-state index contributed by atoms with van der Waals surface area (Å²) >= 11 is 0. The minimum atomic E-state index is 0. The first-order valence-corrected chi connectivity index (χ1v) is 10.8. The molecule has 0 bridgehead atoms. The third-order valence-electron chi connectivity index (χ3n) is 5.61. The number of nitrogens with zero attached hydrogens (tertiary/aromatic N) is 2. The highest BCUT2D eigenvalue weighted by Gasteiger charge is 2.32. The smallest absolute Gasteiger partial charge is 0.194 e. The van der Waals surface area contributed by atoms with Crippen LogP contribution in [0.5, 0.6) is 5.75 Å². The lowest BCUT2D eigenvalue weighted by atomic mass is 10.1. The molecule has 2 aromatic carbocycles. The zero-order chi connectivity index (χ0) is 20.6. The Balaban J connectivity index is 0.00000272. The van der Waals surface area contributed by atoms with Crippen LogP contribution in [0.2, 0.25) is 0 Å². The van der Waals surface area contributed by atoms with Crippen molar-refractivity contribution in [3.8, 4) is 5.75 Å². The van der Waals surface area contributed by atoms with Gasteiger partial charge in [-0.15, -0.1) is 24.0 Å². The number of para-hydroxylation sites is 1. The lowest BCUT2D eigenvalue weighted by molar-refractivity contribution is -0.0817. The average molecular weight is 537 g/mol. The Labute approximate surface area is 202 Å². The van der Waals surface area contributed by atoms with Crippen molar-refractivity contribution in [3.05, 3.63) is 65.7 Å². The molecule has 0 saturated carbocycles. The van der Waals surface area contributed by atoms with Gasteiger partial charge in [0.15, 0.2) is 5.96 Å². The van der Waals surface area contributed by atoms with E-state index in [1.807, 2.05) is 37.4 Å². The quantitative estimate of drug-likeness (QED) is 0.345. The van der Waals surface area contributed by atoms with Crippen molar-refractivity contribution in [1.82, 2.24) is 10.2 Å². The third kappa shape index (κ3) is 6.82. The van der Waals surface area contributed by atoms with E-state index < -0.39 is 0 Å². The van der Waals surface area contributed by atoms with Crippen molar-refractivity contribution in [1.29, 1.82) is 0 Å². The van der Waals surface area contributed by atoms with Crippen LogP contribution in [0, 0.1) is 0 Å². The minimum Gasteiger partial charge on any atom is -0.489 e. The molecular weight excluding hydrogens is 505 g/mol. The molecule has 2 aliphatic heterocycles. The highest BCUT2D eigenvalue weighted by Crippen LogP contribution is 2.21.